The minimum Gasteiger partial charge on any atom is -0.488 e. The van der Waals surface area contributed by atoms with Crippen LogP contribution in [-0.4, -0.2) is 28.0 Å². The number of rotatable bonds is 5. The third-order valence-electron chi connectivity index (χ3n) is 4.13. The summed E-state index contributed by atoms with van der Waals surface area (Å²) in [5, 5.41) is 3.78. The number of thioether (sulfide) groups is 1. The Labute approximate surface area is 181 Å². The molecular formula is C21H16ClN3O2S2. The summed E-state index contributed by atoms with van der Waals surface area (Å²) in [6, 6.07) is 15.2. The maximum absolute atomic E-state index is 12.7. The number of hydrogen-bond acceptors (Lipinski definition) is 6. The molecular weight excluding hydrogens is 426 g/mol. The Hall–Kier alpha value is -2.61. The van der Waals surface area contributed by atoms with Crippen molar-refractivity contribution in [1.82, 2.24) is 9.88 Å². The van der Waals surface area contributed by atoms with E-state index in [1.807, 2.05) is 60.0 Å². The van der Waals surface area contributed by atoms with E-state index in [2.05, 4.69) is 9.98 Å². The van der Waals surface area contributed by atoms with E-state index < -0.39 is 0 Å². The molecule has 2 aromatic carbocycles. The first-order valence-electron chi connectivity index (χ1n) is 8.72. The topological polar surface area (TPSA) is 54.8 Å². The molecule has 1 amide bonds. The predicted octanol–water partition coefficient (Wildman–Crippen LogP) is 5.61. The summed E-state index contributed by atoms with van der Waals surface area (Å²) in [7, 11) is 1.71. The molecule has 1 aromatic heterocycles. The van der Waals surface area contributed by atoms with Gasteiger partial charge >= 0.3 is 0 Å². The summed E-state index contributed by atoms with van der Waals surface area (Å²) in [5.41, 5.74) is 1.85. The fourth-order valence-corrected chi connectivity index (χ4v) is 4.27. The van der Waals surface area contributed by atoms with E-state index in [9.17, 15) is 4.79 Å². The maximum Gasteiger partial charge on any atom is 0.266 e. The van der Waals surface area contributed by atoms with Gasteiger partial charge in [0.1, 0.15) is 12.4 Å². The van der Waals surface area contributed by atoms with Crippen LogP contribution < -0.4 is 4.74 Å². The van der Waals surface area contributed by atoms with Crippen molar-refractivity contribution < 1.29 is 9.53 Å². The second-order valence-electron chi connectivity index (χ2n) is 6.14. The highest BCUT2D eigenvalue weighted by Gasteiger charge is 2.30. The van der Waals surface area contributed by atoms with E-state index in [4.69, 9.17) is 16.3 Å². The van der Waals surface area contributed by atoms with Crippen LogP contribution in [0.2, 0.25) is 5.02 Å². The zero-order valence-corrected chi connectivity index (χ0v) is 17.8. The lowest BCUT2D eigenvalue weighted by molar-refractivity contribution is -0.121. The average Bonchev–Trinajstić information content (AvgIpc) is 3.33. The zero-order valence-electron chi connectivity index (χ0n) is 15.4. The number of nitrogens with zero attached hydrogens (tertiary/aromatic N) is 3. The predicted molar refractivity (Wildman–Crippen MR) is 120 cm³/mol. The van der Waals surface area contributed by atoms with E-state index in [0.717, 1.165) is 11.1 Å². The number of carbonyl (C=O) groups excluding carboxylic acids is 1. The molecule has 0 saturated carbocycles. The van der Waals surface area contributed by atoms with Crippen molar-refractivity contribution in [3.63, 3.8) is 0 Å². The Morgan fingerprint density at radius 3 is 2.76 bits per heavy atom. The van der Waals surface area contributed by atoms with Crippen LogP contribution in [0.4, 0.5) is 5.13 Å². The van der Waals surface area contributed by atoms with E-state index >= 15 is 0 Å². The molecule has 0 atom stereocenters. The monoisotopic (exact) mass is 441 g/mol. The number of para-hydroxylation sites is 1. The van der Waals surface area contributed by atoms with E-state index in [1.54, 1.807) is 13.2 Å². The molecule has 5 nitrogen and oxygen atoms in total. The lowest BCUT2D eigenvalue weighted by Crippen LogP contribution is -2.23. The van der Waals surface area contributed by atoms with Gasteiger partial charge in [-0.15, -0.1) is 11.3 Å². The number of hydrogen-bond donors (Lipinski definition) is 0. The van der Waals surface area contributed by atoms with E-state index in [1.165, 1.54) is 28.0 Å². The summed E-state index contributed by atoms with van der Waals surface area (Å²) >= 11 is 8.69. The number of aliphatic imine (C=N–C) groups is 1. The molecule has 8 heteroatoms. The Bertz CT molecular complexity index is 1080. The molecule has 4 rings (SSSR count). The highest BCUT2D eigenvalue weighted by Crippen LogP contribution is 2.35. The summed E-state index contributed by atoms with van der Waals surface area (Å²) in [5.74, 6) is 0.606. The van der Waals surface area contributed by atoms with Crippen molar-refractivity contribution in [1.29, 1.82) is 0 Å². The molecule has 3 aromatic rings. The van der Waals surface area contributed by atoms with Gasteiger partial charge in [-0.25, -0.2) is 4.98 Å². The van der Waals surface area contributed by atoms with Crippen LogP contribution in [0.1, 0.15) is 11.1 Å². The van der Waals surface area contributed by atoms with E-state index in [-0.39, 0.29) is 5.91 Å². The van der Waals surface area contributed by atoms with Crippen LogP contribution in [-0.2, 0) is 11.4 Å². The molecule has 0 N–H and O–H groups in total. The molecule has 0 aliphatic carbocycles. The Balaban J connectivity index is 1.55. The lowest BCUT2D eigenvalue weighted by atomic mass is 10.2. The average molecular weight is 442 g/mol. The molecule has 29 heavy (non-hydrogen) atoms. The van der Waals surface area contributed by atoms with Gasteiger partial charge in [-0.1, -0.05) is 41.9 Å². The van der Waals surface area contributed by atoms with Gasteiger partial charge in [0.25, 0.3) is 5.91 Å². The standard InChI is InChI=1S/C21H16ClN3O2S2/c1-25-19(26)18(29-21(25)24-20-23-10-11-28-20)12-15-4-2-3-5-17(15)27-13-14-6-8-16(22)9-7-14/h2-12H,13H2,1H3/b18-12-,24-21+. The van der Waals surface area contributed by atoms with Crippen LogP contribution in [0.15, 0.2) is 70.0 Å². The molecule has 1 aliphatic rings. The summed E-state index contributed by atoms with van der Waals surface area (Å²) in [6.07, 6.45) is 3.53. The Morgan fingerprint density at radius 2 is 2.00 bits per heavy atom. The van der Waals surface area contributed by atoms with Crippen molar-refractivity contribution in [2.75, 3.05) is 7.05 Å². The molecule has 0 spiro atoms. The van der Waals surface area contributed by atoms with Crippen LogP contribution in [0.5, 0.6) is 5.75 Å². The van der Waals surface area contributed by atoms with Crippen LogP contribution in [0, 0.1) is 0 Å². The number of amides is 1. The lowest BCUT2D eigenvalue weighted by Gasteiger charge is -2.10. The number of halogens is 1. The normalized spacial score (nSPS) is 16.8. The third-order valence-corrected chi connectivity index (χ3v) is 6.10. The van der Waals surface area contributed by atoms with Gasteiger partial charge < -0.3 is 4.74 Å². The molecule has 146 valence electrons. The molecule has 1 saturated heterocycles. The quantitative estimate of drug-likeness (QED) is 0.483. The van der Waals surface area contributed by atoms with E-state index in [0.29, 0.717) is 32.6 Å². The van der Waals surface area contributed by atoms with Gasteiger partial charge in [0.15, 0.2) is 5.17 Å². The SMILES string of the molecule is CN1C(=O)/C(=C/c2ccccc2OCc2ccc(Cl)cc2)S/C1=N/c1nccs1. The number of aromatic nitrogens is 1. The second kappa shape index (κ2) is 8.82. The van der Waals surface area contributed by atoms with Gasteiger partial charge in [0.05, 0.1) is 4.91 Å². The maximum atomic E-state index is 12.7. The summed E-state index contributed by atoms with van der Waals surface area (Å²) < 4.78 is 5.99. The molecule has 1 aliphatic heterocycles. The van der Waals surface area contributed by atoms with Gasteiger partial charge in [-0.3, -0.25) is 9.69 Å². The second-order valence-corrected chi connectivity index (χ2v) is 8.46. The zero-order chi connectivity index (χ0) is 20.2. The number of thiazole rings is 1. The van der Waals surface area contributed by atoms with Gasteiger partial charge in [-0.2, -0.15) is 4.99 Å². The summed E-state index contributed by atoms with van der Waals surface area (Å²) in [4.78, 5) is 23.4. The highest BCUT2D eigenvalue weighted by atomic mass is 35.5. The molecule has 0 radical (unpaired) electrons. The largest absolute Gasteiger partial charge is 0.488 e. The van der Waals surface area contributed by atoms with Crippen molar-refractivity contribution in [3.05, 3.63) is 81.2 Å². The molecule has 1 fully saturated rings. The van der Waals surface area contributed by atoms with Gasteiger partial charge in [-0.05, 0) is 41.6 Å². The van der Waals surface area contributed by atoms with Crippen LogP contribution >= 0.6 is 34.7 Å². The first kappa shape index (κ1) is 19.7. The van der Waals surface area contributed by atoms with Gasteiger partial charge in [0.2, 0.25) is 5.13 Å². The smallest absolute Gasteiger partial charge is 0.266 e. The Kier molecular flexibility index (Phi) is 5.99. The van der Waals surface area contributed by atoms with Crippen LogP contribution in [0.25, 0.3) is 6.08 Å². The third kappa shape index (κ3) is 4.70. The van der Waals surface area contributed by atoms with Crippen molar-refractivity contribution >= 4 is 57.0 Å². The first-order valence-corrected chi connectivity index (χ1v) is 10.8. The number of likely N-dealkylation sites (N-methyl/N-ethyl adjacent to an activating group) is 1. The first-order chi connectivity index (χ1) is 14.1. The number of amidine groups is 1. The van der Waals surface area contributed by atoms with Crippen LogP contribution in [0.3, 0.4) is 0 Å². The minimum absolute atomic E-state index is 0.0992. The number of benzene rings is 2. The fourth-order valence-electron chi connectivity index (χ4n) is 2.62. The molecule has 0 unspecified atom stereocenters. The van der Waals surface area contributed by atoms with Crippen molar-refractivity contribution in [2.24, 2.45) is 4.99 Å². The van der Waals surface area contributed by atoms with Crippen molar-refractivity contribution in [2.45, 2.75) is 6.61 Å². The Morgan fingerprint density at radius 1 is 1.21 bits per heavy atom. The number of ether oxygens (including phenoxy) is 1. The fraction of sp³-hybridized carbons (Fsp3) is 0.0952. The summed E-state index contributed by atoms with van der Waals surface area (Å²) in [6.45, 7) is 0.412. The molecule has 2 heterocycles. The van der Waals surface area contributed by atoms with Gasteiger partial charge in [0, 0.05) is 29.2 Å². The van der Waals surface area contributed by atoms with Crippen molar-refractivity contribution in [3.8, 4) is 5.75 Å². The molecule has 0 bridgehead atoms. The number of carbonyl (C=O) groups is 1. The minimum atomic E-state index is -0.0992. The highest BCUT2D eigenvalue weighted by molar-refractivity contribution is 8.18.